The molecule has 11 aromatic rings. The molecule has 2 aliphatic rings. The van der Waals surface area contributed by atoms with Crippen molar-refractivity contribution in [3.63, 3.8) is 0 Å². The summed E-state index contributed by atoms with van der Waals surface area (Å²) in [4.78, 5) is 11.1. The lowest BCUT2D eigenvalue weighted by molar-refractivity contribution is 0.666. The quantitative estimate of drug-likeness (QED) is 0.194. The molecule has 0 saturated heterocycles. The Kier molecular flexibility index (Phi) is 6.94. The number of aromatic nitrogens is 1. The minimum absolute atomic E-state index is 0.191. The lowest BCUT2D eigenvalue weighted by Crippen LogP contribution is -2.35. The topological polar surface area (TPSA) is 54.8 Å². The molecular formula is C54H36N4OS. The molecule has 13 rings (SSSR count). The van der Waals surface area contributed by atoms with Gasteiger partial charge in [0.2, 0.25) is 5.96 Å². The van der Waals surface area contributed by atoms with Crippen LogP contribution < -0.4 is 5.32 Å². The van der Waals surface area contributed by atoms with Gasteiger partial charge in [0, 0.05) is 48.0 Å². The van der Waals surface area contributed by atoms with Gasteiger partial charge < -0.3 is 9.73 Å². The van der Waals surface area contributed by atoms with Crippen molar-refractivity contribution in [2.24, 2.45) is 9.98 Å². The summed E-state index contributed by atoms with van der Waals surface area (Å²) in [6.07, 6.45) is -0.412. The van der Waals surface area contributed by atoms with Crippen molar-refractivity contribution in [1.82, 2.24) is 9.88 Å². The molecule has 1 unspecified atom stereocenters. The highest BCUT2D eigenvalue weighted by Crippen LogP contribution is 2.53. The smallest absolute Gasteiger partial charge is 0.234 e. The van der Waals surface area contributed by atoms with E-state index in [4.69, 9.17) is 14.4 Å². The van der Waals surface area contributed by atoms with Gasteiger partial charge in [-0.05, 0) is 69.3 Å². The average Bonchev–Trinajstić information content (AvgIpc) is 4.03. The van der Waals surface area contributed by atoms with Crippen LogP contribution in [0, 0.1) is 0 Å². The largest absolute Gasteiger partial charge is 0.455 e. The molecule has 0 spiro atoms. The standard InChI is InChI=1S/C54H36N4OS/c1-54(2)41-20-10-6-16-34(41)36-28-29-43-46(48(36)54)37-18-7-11-21-42(37)58(43)53-56-51(33-26-24-32(25-27-33)31-14-4-3-5-15-31)55-52(57-53)40-30-39-35-17-8-12-22-44(35)59-49(39)47-38-19-9-13-23-45(38)60-50(40)47/h3-30,51H,1-2H3,(H,55,56,57). The van der Waals surface area contributed by atoms with E-state index in [1.165, 1.54) is 48.7 Å². The lowest BCUT2D eigenvalue weighted by Gasteiger charge is -2.25. The first-order valence-electron chi connectivity index (χ1n) is 20.5. The number of rotatable bonds is 3. The number of aliphatic imine (C=N–C) groups is 2. The van der Waals surface area contributed by atoms with Gasteiger partial charge in [0.15, 0.2) is 0 Å². The van der Waals surface area contributed by atoms with E-state index in [9.17, 15) is 0 Å². The molecule has 60 heavy (non-hydrogen) atoms. The summed E-state index contributed by atoms with van der Waals surface area (Å²) >= 11 is 1.79. The second kappa shape index (κ2) is 12.4. The van der Waals surface area contributed by atoms with E-state index in [0.717, 1.165) is 65.6 Å². The van der Waals surface area contributed by atoms with Gasteiger partial charge >= 0.3 is 0 Å². The van der Waals surface area contributed by atoms with Crippen molar-refractivity contribution in [2.45, 2.75) is 25.4 Å². The van der Waals surface area contributed by atoms with Crippen molar-refractivity contribution < 1.29 is 4.42 Å². The van der Waals surface area contributed by atoms with E-state index in [1.807, 2.05) is 6.07 Å². The summed E-state index contributed by atoms with van der Waals surface area (Å²) in [5.74, 6) is 1.42. The third-order valence-electron chi connectivity index (χ3n) is 12.9. The molecule has 284 valence electrons. The normalized spacial score (nSPS) is 15.8. The SMILES string of the molecule is CC1(C)c2ccccc2-c2ccc3c(c21)c1ccccc1n3C1=NC(c2ccc(-c3ccccc3)cc2)NC(c2cc3c4ccccc4oc3c3c2sc2ccccc23)=N1. The molecule has 5 nitrogen and oxygen atoms in total. The molecule has 0 saturated carbocycles. The van der Waals surface area contributed by atoms with Gasteiger partial charge in [-0.25, -0.2) is 4.99 Å². The Labute approximate surface area is 349 Å². The van der Waals surface area contributed by atoms with Crippen LogP contribution in [0.4, 0.5) is 0 Å². The van der Waals surface area contributed by atoms with Crippen LogP contribution in [-0.2, 0) is 5.41 Å². The maximum absolute atomic E-state index is 6.68. The molecule has 6 heteroatoms. The fourth-order valence-electron chi connectivity index (χ4n) is 10.1. The number of furan rings is 1. The summed E-state index contributed by atoms with van der Waals surface area (Å²) in [5.41, 5.74) is 13.5. The third kappa shape index (κ3) is 4.68. The van der Waals surface area contributed by atoms with Crippen molar-refractivity contribution in [2.75, 3.05) is 0 Å². The fourth-order valence-corrected chi connectivity index (χ4v) is 11.3. The number of nitrogens with one attached hydrogen (secondary N) is 1. The Morgan fingerprint density at radius 3 is 2.18 bits per heavy atom. The van der Waals surface area contributed by atoms with Crippen molar-refractivity contribution in [3.05, 3.63) is 192 Å². The molecule has 0 radical (unpaired) electrons. The number of fused-ring (bicyclic) bond motifs is 14. The van der Waals surface area contributed by atoms with Gasteiger partial charge in [0.25, 0.3) is 0 Å². The van der Waals surface area contributed by atoms with Crippen molar-refractivity contribution in [3.8, 4) is 22.3 Å². The van der Waals surface area contributed by atoms with Crippen LogP contribution in [0.2, 0.25) is 0 Å². The summed E-state index contributed by atoms with van der Waals surface area (Å²) in [7, 11) is 0. The molecule has 0 fully saturated rings. The van der Waals surface area contributed by atoms with Gasteiger partial charge in [0.05, 0.1) is 15.7 Å². The highest BCUT2D eigenvalue weighted by molar-refractivity contribution is 7.26. The van der Waals surface area contributed by atoms with Crippen LogP contribution in [0.3, 0.4) is 0 Å². The fraction of sp³-hybridized carbons (Fsp3) is 0.0741. The van der Waals surface area contributed by atoms with E-state index < -0.39 is 6.17 Å². The van der Waals surface area contributed by atoms with Crippen LogP contribution in [-0.4, -0.2) is 16.4 Å². The highest BCUT2D eigenvalue weighted by Gasteiger charge is 2.38. The van der Waals surface area contributed by atoms with Crippen LogP contribution in [0.25, 0.3) is 86.2 Å². The van der Waals surface area contributed by atoms with E-state index in [0.29, 0.717) is 5.96 Å². The van der Waals surface area contributed by atoms with E-state index in [2.05, 4.69) is 188 Å². The van der Waals surface area contributed by atoms with Gasteiger partial charge in [-0.3, -0.25) is 4.57 Å². The second-order valence-electron chi connectivity index (χ2n) is 16.5. The summed E-state index contributed by atoms with van der Waals surface area (Å²) < 4.78 is 11.3. The van der Waals surface area contributed by atoms with Crippen molar-refractivity contribution >= 4 is 87.0 Å². The van der Waals surface area contributed by atoms with Gasteiger partial charge in [0.1, 0.15) is 23.2 Å². The minimum Gasteiger partial charge on any atom is -0.455 e. The Morgan fingerprint density at radius 1 is 0.600 bits per heavy atom. The van der Waals surface area contributed by atoms with E-state index >= 15 is 0 Å². The molecule has 1 atom stereocenters. The molecule has 0 bridgehead atoms. The first kappa shape index (κ1) is 33.7. The number of thiophene rings is 1. The minimum atomic E-state index is -0.412. The molecule has 4 heterocycles. The van der Waals surface area contributed by atoms with Crippen molar-refractivity contribution in [1.29, 1.82) is 0 Å². The van der Waals surface area contributed by atoms with Gasteiger partial charge in [-0.1, -0.05) is 153 Å². The molecule has 0 amide bonds. The third-order valence-corrected chi connectivity index (χ3v) is 14.1. The van der Waals surface area contributed by atoms with Crippen LogP contribution >= 0.6 is 11.3 Å². The highest BCUT2D eigenvalue weighted by atomic mass is 32.1. The summed E-state index contributed by atoms with van der Waals surface area (Å²) in [6, 6.07) is 60.8. The Bertz CT molecular complexity index is 3660. The number of para-hydroxylation sites is 2. The van der Waals surface area contributed by atoms with E-state index in [-0.39, 0.29) is 5.41 Å². The maximum Gasteiger partial charge on any atom is 0.234 e. The molecule has 1 aliphatic carbocycles. The maximum atomic E-state index is 6.68. The predicted molar refractivity (Wildman–Crippen MR) is 251 cm³/mol. The van der Waals surface area contributed by atoms with Gasteiger partial charge in [-0.2, -0.15) is 4.99 Å². The predicted octanol–water partition coefficient (Wildman–Crippen LogP) is 14.0. The monoisotopic (exact) mass is 788 g/mol. The van der Waals surface area contributed by atoms with Crippen LogP contribution in [0.5, 0.6) is 0 Å². The Balaban J connectivity index is 1.09. The van der Waals surface area contributed by atoms with Crippen LogP contribution in [0.1, 0.15) is 42.3 Å². The molecule has 3 aromatic heterocycles. The number of benzene rings is 8. The Hall–Kier alpha value is -7.28. The summed E-state index contributed by atoms with van der Waals surface area (Å²) in [6.45, 7) is 4.73. The number of nitrogens with zero attached hydrogens (tertiary/aromatic N) is 3. The average molecular weight is 789 g/mol. The first-order chi connectivity index (χ1) is 29.5. The van der Waals surface area contributed by atoms with Crippen LogP contribution in [0.15, 0.2) is 184 Å². The number of hydrogen-bond donors (Lipinski definition) is 1. The molecule has 1 N–H and O–H groups in total. The zero-order valence-corrected chi connectivity index (χ0v) is 33.7. The lowest BCUT2D eigenvalue weighted by atomic mass is 9.80. The number of amidine groups is 1. The molecular weight excluding hydrogens is 753 g/mol. The van der Waals surface area contributed by atoms with E-state index in [1.54, 1.807) is 11.3 Å². The summed E-state index contributed by atoms with van der Waals surface area (Å²) in [5, 5.41) is 10.8. The molecule has 8 aromatic carbocycles. The zero-order chi connectivity index (χ0) is 39.7. The first-order valence-corrected chi connectivity index (χ1v) is 21.3. The van der Waals surface area contributed by atoms with Gasteiger partial charge in [-0.15, -0.1) is 11.3 Å². The number of hydrogen-bond acceptors (Lipinski definition) is 5. The zero-order valence-electron chi connectivity index (χ0n) is 32.9. The molecule has 1 aliphatic heterocycles. The Morgan fingerprint density at radius 2 is 1.32 bits per heavy atom. The second-order valence-corrected chi connectivity index (χ2v) is 17.6.